The number of nitrogens with zero attached hydrogens (tertiary/aromatic N) is 2. The molecule has 26 heavy (non-hydrogen) atoms. The van der Waals surface area contributed by atoms with Crippen LogP contribution < -0.4 is 10.6 Å². The van der Waals surface area contributed by atoms with E-state index in [0.717, 1.165) is 30.5 Å². The van der Waals surface area contributed by atoms with Crippen LogP contribution in [0.1, 0.15) is 46.1 Å². The molecule has 0 radical (unpaired) electrons. The Bertz CT molecular complexity index is 528. The molecule has 0 saturated carbocycles. The second kappa shape index (κ2) is 11.5. The number of halogens is 1. The van der Waals surface area contributed by atoms with E-state index in [9.17, 15) is 5.11 Å². The zero-order valence-corrected chi connectivity index (χ0v) is 19.6. The van der Waals surface area contributed by atoms with Crippen LogP contribution >= 0.6 is 35.3 Å². The third kappa shape index (κ3) is 7.32. The van der Waals surface area contributed by atoms with Crippen LogP contribution in [0, 0.1) is 5.92 Å². The first-order chi connectivity index (χ1) is 11.9. The Morgan fingerprint density at radius 3 is 2.69 bits per heavy atom. The van der Waals surface area contributed by atoms with Gasteiger partial charge in [0.2, 0.25) is 0 Å². The monoisotopic (exact) mass is 494 g/mol. The van der Waals surface area contributed by atoms with Crippen LogP contribution in [0.4, 0.5) is 0 Å². The minimum absolute atomic E-state index is 0. The van der Waals surface area contributed by atoms with Gasteiger partial charge in [0.15, 0.2) is 5.96 Å². The first kappa shape index (κ1) is 23.7. The van der Waals surface area contributed by atoms with Crippen LogP contribution in [0.15, 0.2) is 21.8 Å². The highest BCUT2D eigenvalue weighted by Crippen LogP contribution is 2.23. The number of aliphatic hydroxyl groups is 1. The van der Waals surface area contributed by atoms with Gasteiger partial charge in [0.05, 0.1) is 6.54 Å². The summed E-state index contributed by atoms with van der Waals surface area (Å²) in [7, 11) is 0. The molecular formula is C19H35IN4OS. The Morgan fingerprint density at radius 1 is 1.42 bits per heavy atom. The van der Waals surface area contributed by atoms with Crippen molar-refractivity contribution in [1.29, 1.82) is 0 Å². The van der Waals surface area contributed by atoms with Crippen LogP contribution in [0.25, 0.3) is 0 Å². The molecule has 1 aliphatic rings. The first-order valence-electron chi connectivity index (χ1n) is 9.43. The van der Waals surface area contributed by atoms with Crippen molar-refractivity contribution in [2.75, 3.05) is 32.7 Å². The summed E-state index contributed by atoms with van der Waals surface area (Å²) in [6.07, 6.45) is 2.59. The molecule has 0 amide bonds. The Labute approximate surface area is 179 Å². The Kier molecular flexibility index (Phi) is 10.4. The second-order valence-electron chi connectivity index (χ2n) is 7.43. The van der Waals surface area contributed by atoms with E-state index >= 15 is 0 Å². The summed E-state index contributed by atoms with van der Waals surface area (Å²) in [4.78, 5) is 7.15. The number of rotatable bonds is 7. The predicted octanol–water partition coefficient (Wildman–Crippen LogP) is 3.25. The molecule has 7 heteroatoms. The average molecular weight is 494 g/mol. The molecule has 1 fully saturated rings. The fraction of sp³-hybridized carbons (Fsp3) is 0.737. The quantitative estimate of drug-likeness (QED) is 0.310. The molecule has 1 aromatic rings. The van der Waals surface area contributed by atoms with Crippen molar-refractivity contribution in [3.8, 4) is 0 Å². The van der Waals surface area contributed by atoms with E-state index < -0.39 is 5.60 Å². The minimum atomic E-state index is -0.934. The van der Waals surface area contributed by atoms with Gasteiger partial charge in [0, 0.05) is 19.1 Å². The molecule has 0 bridgehead atoms. The number of hydrogen-bond donors (Lipinski definition) is 3. The van der Waals surface area contributed by atoms with E-state index in [4.69, 9.17) is 0 Å². The second-order valence-corrected chi connectivity index (χ2v) is 8.21. The third-order valence-electron chi connectivity index (χ3n) is 5.04. The maximum Gasteiger partial charge on any atom is 0.191 e. The van der Waals surface area contributed by atoms with Gasteiger partial charge < -0.3 is 15.7 Å². The fourth-order valence-electron chi connectivity index (χ4n) is 3.08. The number of guanidine groups is 1. The SMILES string of the molecule is CCNC(=NCC(C)(O)c1ccsc1)NCC(C)N1CCC(C)CC1.I. The van der Waals surface area contributed by atoms with Crippen molar-refractivity contribution < 1.29 is 5.11 Å². The van der Waals surface area contributed by atoms with Crippen molar-refractivity contribution in [3.05, 3.63) is 22.4 Å². The molecule has 3 N–H and O–H groups in total. The van der Waals surface area contributed by atoms with Crippen LogP contribution in [-0.2, 0) is 5.60 Å². The summed E-state index contributed by atoms with van der Waals surface area (Å²) in [5.74, 6) is 1.63. The summed E-state index contributed by atoms with van der Waals surface area (Å²) in [5, 5.41) is 21.3. The highest BCUT2D eigenvalue weighted by molar-refractivity contribution is 14.0. The smallest absolute Gasteiger partial charge is 0.191 e. The van der Waals surface area contributed by atoms with E-state index in [-0.39, 0.29) is 24.0 Å². The molecule has 1 saturated heterocycles. The summed E-state index contributed by atoms with van der Waals surface area (Å²) >= 11 is 1.60. The highest BCUT2D eigenvalue weighted by Gasteiger charge is 2.24. The van der Waals surface area contributed by atoms with Crippen LogP contribution in [0.5, 0.6) is 0 Å². The lowest BCUT2D eigenvalue weighted by molar-refractivity contribution is 0.0677. The van der Waals surface area contributed by atoms with Crippen molar-refractivity contribution >= 4 is 41.3 Å². The molecule has 150 valence electrons. The third-order valence-corrected chi connectivity index (χ3v) is 5.72. The number of hydrogen-bond acceptors (Lipinski definition) is 4. The molecule has 0 spiro atoms. The molecule has 0 aromatic carbocycles. The van der Waals surface area contributed by atoms with E-state index in [0.29, 0.717) is 12.6 Å². The molecular weight excluding hydrogens is 459 g/mol. The number of nitrogens with one attached hydrogen (secondary N) is 2. The lowest BCUT2D eigenvalue weighted by Crippen LogP contribution is -2.48. The van der Waals surface area contributed by atoms with Gasteiger partial charge >= 0.3 is 0 Å². The highest BCUT2D eigenvalue weighted by atomic mass is 127. The van der Waals surface area contributed by atoms with Gasteiger partial charge in [-0.05, 0) is 75.0 Å². The summed E-state index contributed by atoms with van der Waals surface area (Å²) in [6, 6.07) is 2.44. The molecule has 2 rings (SSSR count). The van der Waals surface area contributed by atoms with E-state index in [1.807, 2.05) is 23.8 Å². The largest absolute Gasteiger partial charge is 0.383 e. The minimum Gasteiger partial charge on any atom is -0.383 e. The number of likely N-dealkylation sites (tertiary alicyclic amines) is 1. The van der Waals surface area contributed by atoms with Gasteiger partial charge in [0.25, 0.3) is 0 Å². The van der Waals surface area contributed by atoms with E-state index in [1.54, 1.807) is 11.3 Å². The van der Waals surface area contributed by atoms with Gasteiger partial charge in [-0.2, -0.15) is 11.3 Å². The van der Waals surface area contributed by atoms with Crippen LogP contribution in [0.2, 0.25) is 0 Å². The van der Waals surface area contributed by atoms with Crippen molar-refractivity contribution in [2.24, 2.45) is 10.9 Å². The number of aliphatic imine (C=N–C) groups is 1. The zero-order chi connectivity index (χ0) is 18.3. The average Bonchev–Trinajstić information content (AvgIpc) is 3.13. The predicted molar refractivity (Wildman–Crippen MR) is 123 cm³/mol. The van der Waals surface area contributed by atoms with Gasteiger partial charge in [-0.15, -0.1) is 24.0 Å². The molecule has 2 atom stereocenters. The standard InChI is InChI=1S/C19H34N4OS.HI/c1-5-20-18(22-14-19(4,24)17-8-11-25-13-17)21-12-16(3)23-9-6-15(2)7-10-23;/h8,11,13,15-16,24H,5-7,9-10,12,14H2,1-4H3,(H2,20,21,22);1H. The van der Waals surface area contributed by atoms with Crippen LogP contribution in [0.3, 0.4) is 0 Å². The summed E-state index contributed by atoms with van der Waals surface area (Å²) in [6.45, 7) is 12.9. The molecule has 2 heterocycles. The number of thiophene rings is 1. The van der Waals surface area contributed by atoms with Gasteiger partial charge in [0.1, 0.15) is 5.60 Å². The Morgan fingerprint density at radius 2 is 2.12 bits per heavy atom. The Balaban J connectivity index is 0.00000338. The first-order valence-corrected chi connectivity index (χ1v) is 10.4. The van der Waals surface area contributed by atoms with Crippen molar-refractivity contribution in [2.45, 2.75) is 52.2 Å². The van der Waals surface area contributed by atoms with E-state index in [2.05, 4.69) is 41.3 Å². The molecule has 5 nitrogen and oxygen atoms in total. The van der Waals surface area contributed by atoms with Crippen LogP contribution in [-0.4, -0.2) is 54.7 Å². The fourth-order valence-corrected chi connectivity index (χ4v) is 3.86. The molecule has 1 aromatic heterocycles. The topological polar surface area (TPSA) is 59.9 Å². The normalized spacial score (nSPS) is 20.1. The van der Waals surface area contributed by atoms with Gasteiger partial charge in [-0.3, -0.25) is 4.90 Å². The lowest BCUT2D eigenvalue weighted by Gasteiger charge is -2.35. The maximum absolute atomic E-state index is 10.6. The molecule has 2 unspecified atom stereocenters. The number of piperidine rings is 1. The maximum atomic E-state index is 10.6. The zero-order valence-electron chi connectivity index (χ0n) is 16.5. The van der Waals surface area contributed by atoms with Gasteiger partial charge in [-0.25, -0.2) is 4.99 Å². The van der Waals surface area contributed by atoms with E-state index in [1.165, 1.54) is 25.9 Å². The molecule has 1 aliphatic heterocycles. The lowest BCUT2D eigenvalue weighted by atomic mass is 9.98. The summed E-state index contributed by atoms with van der Waals surface area (Å²) < 4.78 is 0. The summed E-state index contributed by atoms with van der Waals surface area (Å²) in [5.41, 5.74) is -0.00957. The molecule has 0 aliphatic carbocycles. The van der Waals surface area contributed by atoms with Gasteiger partial charge in [-0.1, -0.05) is 6.92 Å². The Hall–Kier alpha value is -0.380. The van der Waals surface area contributed by atoms with Crippen molar-refractivity contribution in [1.82, 2.24) is 15.5 Å². The van der Waals surface area contributed by atoms with Crippen molar-refractivity contribution in [3.63, 3.8) is 0 Å².